The first-order valence-electron chi connectivity index (χ1n) is 10.1. The molecule has 0 spiro atoms. The highest BCUT2D eigenvalue weighted by atomic mass is 35.5. The molecule has 2 aromatic carbocycles. The maximum atomic E-state index is 12.9. The molecule has 1 amide bonds. The normalized spacial score (nSPS) is 11.8. The first-order chi connectivity index (χ1) is 15.7. The average Bonchev–Trinajstić information content (AvgIpc) is 3.23. The summed E-state index contributed by atoms with van der Waals surface area (Å²) in [6.45, 7) is 5.32. The van der Waals surface area contributed by atoms with Gasteiger partial charge >= 0.3 is 0 Å². The highest BCUT2D eigenvalue weighted by Crippen LogP contribution is 2.29. The highest BCUT2D eigenvalue weighted by molar-refractivity contribution is 6.36. The topological polar surface area (TPSA) is 112 Å². The Balaban J connectivity index is 1.71. The number of nitro groups is 1. The molecule has 0 saturated heterocycles. The molecular weight excluding hydrogens is 471 g/mol. The number of aromatic nitrogens is 2. The number of nitro benzene ring substituents is 1. The summed E-state index contributed by atoms with van der Waals surface area (Å²) in [6.07, 6.45) is 0.701. The Labute approximate surface area is 200 Å². The summed E-state index contributed by atoms with van der Waals surface area (Å²) in [5, 5.41) is 15.8. The van der Waals surface area contributed by atoms with Gasteiger partial charge in [0.2, 0.25) is 11.7 Å². The molecule has 0 bridgehead atoms. The summed E-state index contributed by atoms with van der Waals surface area (Å²) < 4.78 is 10.9. The quantitative estimate of drug-likeness (QED) is 0.287. The Hall–Kier alpha value is -3.17. The van der Waals surface area contributed by atoms with Gasteiger partial charge in [0.05, 0.1) is 9.95 Å². The third-order valence-corrected chi connectivity index (χ3v) is 5.66. The maximum absolute atomic E-state index is 12.9. The van der Waals surface area contributed by atoms with Crippen LogP contribution < -0.4 is 4.74 Å². The van der Waals surface area contributed by atoms with E-state index in [1.54, 1.807) is 30.0 Å². The van der Waals surface area contributed by atoms with Gasteiger partial charge in [-0.1, -0.05) is 35.3 Å². The number of rotatable bonds is 9. The third-order valence-electron chi connectivity index (χ3n) is 5.12. The van der Waals surface area contributed by atoms with Crippen molar-refractivity contribution in [2.24, 2.45) is 0 Å². The van der Waals surface area contributed by atoms with E-state index in [1.165, 1.54) is 18.2 Å². The minimum Gasteiger partial charge on any atom is -0.484 e. The largest absolute Gasteiger partial charge is 0.484 e. The molecule has 9 nitrogen and oxygen atoms in total. The molecule has 0 aliphatic rings. The number of benzene rings is 2. The van der Waals surface area contributed by atoms with Crippen molar-refractivity contribution in [1.82, 2.24) is 15.0 Å². The molecule has 0 fully saturated rings. The smallest absolute Gasteiger partial charge is 0.272 e. The molecule has 1 atom stereocenters. The van der Waals surface area contributed by atoms with Crippen molar-refractivity contribution in [3.05, 3.63) is 68.0 Å². The van der Waals surface area contributed by atoms with Crippen LogP contribution in [0.25, 0.3) is 11.4 Å². The highest BCUT2D eigenvalue weighted by Gasteiger charge is 2.23. The summed E-state index contributed by atoms with van der Waals surface area (Å²) in [5.74, 6) is 0.620. The molecule has 0 unspecified atom stereocenters. The zero-order valence-electron chi connectivity index (χ0n) is 18.2. The Morgan fingerprint density at radius 1 is 1.27 bits per heavy atom. The van der Waals surface area contributed by atoms with Gasteiger partial charge in [-0.3, -0.25) is 14.9 Å². The Morgan fingerprint density at radius 3 is 2.67 bits per heavy atom. The van der Waals surface area contributed by atoms with Crippen LogP contribution in [0.3, 0.4) is 0 Å². The van der Waals surface area contributed by atoms with Crippen LogP contribution in [0.15, 0.2) is 40.9 Å². The molecule has 33 heavy (non-hydrogen) atoms. The Morgan fingerprint density at radius 2 is 2.03 bits per heavy atom. The number of hydrogen-bond donors (Lipinski definition) is 0. The van der Waals surface area contributed by atoms with Gasteiger partial charge in [0, 0.05) is 28.3 Å². The van der Waals surface area contributed by atoms with Gasteiger partial charge in [0.25, 0.3) is 11.6 Å². The van der Waals surface area contributed by atoms with E-state index in [4.69, 9.17) is 32.5 Å². The predicted molar refractivity (Wildman–Crippen MR) is 123 cm³/mol. The minimum absolute atomic E-state index is 0.0112. The number of aryl methyl sites for hydroxylation is 1. The van der Waals surface area contributed by atoms with Crippen LogP contribution in [0.1, 0.15) is 31.7 Å². The molecule has 0 saturated carbocycles. The molecule has 174 valence electrons. The van der Waals surface area contributed by atoms with E-state index in [9.17, 15) is 14.9 Å². The van der Waals surface area contributed by atoms with Crippen molar-refractivity contribution in [3.8, 4) is 17.1 Å². The Kier molecular flexibility index (Phi) is 7.88. The van der Waals surface area contributed by atoms with E-state index >= 15 is 0 Å². The van der Waals surface area contributed by atoms with E-state index in [0.29, 0.717) is 39.2 Å². The van der Waals surface area contributed by atoms with E-state index in [-0.39, 0.29) is 36.7 Å². The lowest BCUT2D eigenvalue weighted by Crippen LogP contribution is -2.40. The fourth-order valence-corrected chi connectivity index (χ4v) is 3.60. The standard InChI is InChI=1S/C22H22Cl2N4O5/c1-4-14(3)27(21(29)12-32-16-6-8-19(28(30)31)13(2)9-16)11-20-25-22(26-33-20)17-7-5-15(23)10-18(17)24/h5-10,14H,4,11-12H2,1-3H3/t14-/m0/s1. The molecule has 0 aliphatic carbocycles. The van der Waals surface area contributed by atoms with Crippen molar-refractivity contribution in [1.29, 1.82) is 0 Å². The zero-order chi connectivity index (χ0) is 24.1. The van der Waals surface area contributed by atoms with Crippen LogP contribution in [0.4, 0.5) is 5.69 Å². The maximum Gasteiger partial charge on any atom is 0.272 e. The van der Waals surface area contributed by atoms with Gasteiger partial charge in [0.15, 0.2) is 6.61 Å². The number of nitrogens with zero attached hydrogens (tertiary/aromatic N) is 4. The number of ether oxygens (including phenoxy) is 1. The van der Waals surface area contributed by atoms with Gasteiger partial charge in [-0.15, -0.1) is 0 Å². The monoisotopic (exact) mass is 492 g/mol. The molecule has 11 heteroatoms. The van der Waals surface area contributed by atoms with Crippen molar-refractivity contribution in [3.63, 3.8) is 0 Å². The second-order valence-corrected chi connectivity index (χ2v) is 8.25. The van der Waals surface area contributed by atoms with Gasteiger partial charge in [-0.25, -0.2) is 0 Å². The summed E-state index contributed by atoms with van der Waals surface area (Å²) in [6, 6.07) is 9.17. The third kappa shape index (κ3) is 6.00. The molecule has 0 aliphatic heterocycles. The van der Waals surface area contributed by atoms with Crippen molar-refractivity contribution in [2.45, 2.75) is 39.8 Å². The van der Waals surface area contributed by atoms with E-state index in [0.717, 1.165) is 0 Å². The molecular formula is C22H22Cl2N4O5. The summed E-state index contributed by atoms with van der Waals surface area (Å²) >= 11 is 12.1. The van der Waals surface area contributed by atoms with Crippen LogP contribution in [-0.4, -0.2) is 38.5 Å². The lowest BCUT2D eigenvalue weighted by molar-refractivity contribution is -0.385. The lowest BCUT2D eigenvalue weighted by Gasteiger charge is -2.27. The van der Waals surface area contributed by atoms with Gasteiger partial charge in [0.1, 0.15) is 12.3 Å². The van der Waals surface area contributed by atoms with Crippen LogP contribution in [0, 0.1) is 17.0 Å². The van der Waals surface area contributed by atoms with E-state index in [1.807, 2.05) is 13.8 Å². The van der Waals surface area contributed by atoms with Crippen LogP contribution in [0.2, 0.25) is 10.0 Å². The summed E-state index contributed by atoms with van der Waals surface area (Å²) in [4.78, 5) is 29.4. The predicted octanol–water partition coefficient (Wildman–Crippen LogP) is 5.47. The van der Waals surface area contributed by atoms with Crippen LogP contribution in [0.5, 0.6) is 5.75 Å². The lowest BCUT2D eigenvalue weighted by atomic mass is 10.2. The molecule has 1 aromatic heterocycles. The molecule has 1 heterocycles. The fourth-order valence-electron chi connectivity index (χ4n) is 3.11. The first kappa shape index (κ1) is 24.5. The summed E-state index contributed by atoms with van der Waals surface area (Å²) in [7, 11) is 0. The molecule has 3 aromatic rings. The second-order valence-electron chi connectivity index (χ2n) is 7.41. The number of carbonyl (C=O) groups excluding carboxylic acids is 1. The zero-order valence-corrected chi connectivity index (χ0v) is 19.8. The number of halogens is 2. The minimum atomic E-state index is -0.467. The van der Waals surface area contributed by atoms with Crippen LogP contribution in [-0.2, 0) is 11.3 Å². The SMILES string of the molecule is CC[C@H](C)N(Cc1nc(-c2ccc(Cl)cc2Cl)no1)C(=O)COc1ccc([N+](=O)[O-])c(C)c1. The Bertz CT molecular complexity index is 1170. The van der Waals surface area contributed by atoms with E-state index in [2.05, 4.69) is 10.1 Å². The molecule has 3 rings (SSSR count). The first-order valence-corrected chi connectivity index (χ1v) is 10.9. The molecule has 0 radical (unpaired) electrons. The average molecular weight is 493 g/mol. The number of amides is 1. The second kappa shape index (κ2) is 10.6. The van der Waals surface area contributed by atoms with Crippen molar-refractivity contribution >= 4 is 34.8 Å². The van der Waals surface area contributed by atoms with Crippen molar-refractivity contribution in [2.75, 3.05) is 6.61 Å². The number of hydrogen-bond acceptors (Lipinski definition) is 7. The van der Waals surface area contributed by atoms with Gasteiger partial charge in [-0.2, -0.15) is 4.98 Å². The van der Waals surface area contributed by atoms with Gasteiger partial charge in [-0.05, 0) is 50.6 Å². The summed E-state index contributed by atoms with van der Waals surface area (Å²) in [5.41, 5.74) is 1.00. The van der Waals surface area contributed by atoms with Crippen LogP contribution >= 0.6 is 23.2 Å². The van der Waals surface area contributed by atoms with E-state index < -0.39 is 4.92 Å². The fraction of sp³-hybridized carbons (Fsp3) is 0.318. The van der Waals surface area contributed by atoms with Gasteiger partial charge < -0.3 is 14.2 Å². The van der Waals surface area contributed by atoms with Crippen molar-refractivity contribution < 1.29 is 19.0 Å². The molecule has 0 N–H and O–H groups in total. The number of carbonyl (C=O) groups is 1.